The fourth-order valence-corrected chi connectivity index (χ4v) is 0.931. The summed E-state index contributed by atoms with van der Waals surface area (Å²) in [6.45, 7) is 4.81. The highest BCUT2D eigenvalue weighted by atomic mass is 16.5. The minimum absolute atomic E-state index is 0.0831. The van der Waals surface area contributed by atoms with E-state index in [1.807, 2.05) is 13.8 Å². The summed E-state index contributed by atoms with van der Waals surface area (Å²) in [5.74, 6) is 0.0831. The molecule has 0 bridgehead atoms. The Hall–Kier alpha value is -1.36. The largest absolute Gasteiger partial charge is 0.468 e. The molecule has 0 aliphatic rings. The van der Waals surface area contributed by atoms with Gasteiger partial charge in [-0.3, -0.25) is 4.79 Å². The van der Waals surface area contributed by atoms with Crippen LogP contribution in [0.15, 0.2) is 17.2 Å². The Balaban J connectivity index is 2.52. The average Bonchev–Trinajstić information content (AvgIpc) is 2.18. The molecular formula is C9H14N2O3. The number of ether oxygens (including phenoxy) is 2. The molecule has 1 N–H and O–H groups in total. The van der Waals surface area contributed by atoms with E-state index in [2.05, 4.69) is 9.97 Å². The van der Waals surface area contributed by atoms with Crippen molar-refractivity contribution in [3.8, 4) is 5.88 Å². The first-order chi connectivity index (χ1) is 6.74. The van der Waals surface area contributed by atoms with Crippen LogP contribution in [0.25, 0.3) is 0 Å². The van der Waals surface area contributed by atoms with Crippen LogP contribution in [0.1, 0.15) is 13.8 Å². The summed E-state index contributed by atoms with van der Waals surface area (Å²) in [7, 11) is 0. The van der Waals surface area contributed by atoms with Crippen LogP contribution in [-0.4, -0.2) is 29.3 Å². The summed E-state index contributed by atoms with van der Waals surface area (Å²) in [5.41, 5.74) is -0.323. The van der Waals surface area contributed by atoms with Gasteiger partial charge in [-0.25, -0.2) is 4.98 Å². The molecule has 0 spiro atoms. The maximum Gasteiger partial charge on any atom is 0.310 e. The van der Waals surface area contributed by atoms with E-state index in [0.29, 0.717) is 13.2 Å². The Morgan fingerprint density at radius 1 is 1.64 bits per heavy atom. The summed E-state index contributed by atoms with van der Waals surface area (Å²) in [6.07, 6.45) is 2.76. The maximum absolute atomic E-state index is 11.1. The Labute approximate surface area is 82.1 Å². The summed E-state index contributed by atoms with van der Waals surface area (Å²) in [4.78, 5) is 17.4. The van der Waals surface area contributed by atoms with Gasteiger partial charge in [-0.05, 0) is 13.8 Å². The highest BCUT2D eigenvalue weighted by molar-refractivity contribution is 5.02. The van der Waals surface area contributed by atoms with E-state index in [1.165, 1.54) is 12.4 Å². The molecule has 0 fully saturated rings. The Bertz CT molecular complexity index is 324. The SMILES string of the molecule is CCOCC(C)Oc1ncc[nH]c1=O. The van der Waals surface area contributed by atoms with Gasteiger partial charge < -0.3 is 14.5 Å². The number of aromatic amines is 1. The zero-order valence-electron chi connectivity index (χ0n) is 8.32. The third kappa shape index (κ3) is 3.18. The second-order valence-corrected chi connectivity index (χ2v) is 2.81. The normalized spacial score (nSPS) is 12.4. The first-order valence-corrected chi connectivity index (χ1v) is 4.52. The summed E-state index contributed by atoms with van der Waals surface area (Å²) in [6, 6.07) is 0. The van der Waals surface area contributed by atoms with Gasteiger partial charge in [0.15, 0.2) is 0 Å². The molecule has 14 heavy (non-hydrogen) atoms. The van der Waals surface area contributed by atoms with Gasteiger partial charge in [0.2, 0.25) is 0 Å². The van der Waals surface area contributed by atoms with Crippen LogP contribution >= 0.6 is 0 Å². The monoisotopic (exact) mass is 198 g/mol. The van der Waals surface area contributed by atoms with Gasteiger partial charge in [-0.2, -0.15) is 0 Å². The fraction of sp³-hybridized carbons (Fsp3) is 0.556. The van der Waals surface area contributed by atoms with Gasteiger partial charge in [-0.1, -0.05) is 0 Å². The van der Waals surface area contributed by atoms with Gasteiger partial charge in [0, 0.05) is 19.0 Å². The highest BCUT2D eigenvalue weighted by Crippen LogP contribution is 1.99. The number of nitrogens with zero attached hydrogens (tertiary/aromatic N) is 1. The molecule has 0 radical (unpaired) electrons. The second-order valence-electron chi connectivity index (χ2n) is 2.81. The Morgan fingerprint density at radius 3 is 3.07 bits per heavy atom. The van der Waals surface area contributed by atoms with E-state index < -0.39 is 0 Å². The van der Waals surface area contributed by atoms with Gasteiger partial charge in [-0.15, -0.1) is 0 Å². The molecule has 0 aliphatic carbocycles. The van der Waals surface area contributed by atoms with Crippen molar-refractivity contribution in [3.63, 3.8) is 0 Å². The molecule has 78 valence electrons. The molecule has 1 rings (SSSR count). The number of hydrogen-bond donors (Lipinski definition) is 1. The number of aromatic nitrogens is 2. The topological polar surface area (TPSA) is 64.2 Å². The molecule has 5 nitrogen and oxygen atoms in total. The van der Waals surface area contributed by atoms with E-state index in [4.69, 9.17) is 9.47 Å². The van der Waals surface area contributed by atoms with Crippen LogP contribution in [-0.2, 0) is 4.74 Å². The molecule has 1 unspecified atom stereocenters. The third-order valence-corrected chi connectivity index (χ3v) is 1.54. The predicted octanol–water partition coefficient (Wildman–Crippen LogP) is 0.574. The summed E-state index contributed by atoms with van der Waals surface area (Å²) in [5, 5.41) is 0. The molecule has 1 atom stereocenters. The van der Waals surface area contributed by atoms with Crippen molar-refractivity contribution in [2.45, 2.75) is 20.0 Å². The van der Waals surface area contributed by atoms with Gasteiger partial charge in [0.1, 0.15) is 6.10 Å². The molecular weight excluding hydrogens is 184 g/mol. The Morgan fingerprint density at radius 2 is 2.43 bits per heavy atom. The first-order valence-electron chi connectivity index (χ1n) is 4.52. The molecule has 0 saturated carbocycles. The van der Waals surface area contributed by atoms with E-state index in [1.54, 1.807) is 0 Å². The minimum atomic E-state index is -0.323. The lowest BCUT2D eigenvalue weighted by Gasteiger charge is -2.12. The van der Waals surface area contributed by atoms with Crippen LogP contribution in [0, 0.1) is 0 Å². The number of rotatable bonds is 5. The van der Waals surface area contributed by atoms with E-state index in [0.717, 1.165) is 0 Å². The van der Waals surface area contributed by atoms with Crippen molar-refractivity contribution >= 4 is 0 Å². The standard InChI is InChI=1S/C9H14N2O3/c1-3-13-6-7(2)14-9-8(12)10-4-5-11-9/h4-5,7H,3,6H2,1-2H3,(H,10,12). The number of H-pyrrole nitrogens is 1. The lowest BCUT2D eigenvalue weighted by molar-refractivity contribution is 0.0625. The van der Waals surface area contributed by atoms with Gasteiger partial charge in [0.25, 0.3) is 5.88 Å². The first kappa shape index (κ1) is 10.7. The van der Waals surface area contributed by atoms with Crippen LogP contribution < -0.4 is 10.3 Å². The van der Waals surface area contributed by atoms with Crippen LogP contribution in [0.3, 0.4) is 0 Å². The van der Waals surface area contributed by atoms with Crippen LogP contribution in [0.5, 0.6) is 5.88 Å². The molecule has 0 saturated heterocycles. The number of hydrogen-bond acceptors (Lipinski definition) is 4. The third-order valence-electron chi connectivity index (χ3n) is 1.54. The van der Waals surface area contributed by atoms with Crippen molar-refractivity contribution < 1.29 is 9.47 Å². The lowest BCUT2D eigenvalue weighted by atomic mass is 10.4. The minimum Gasteiger partial charge on any atom is -0.468 e. The quantitative estimate of drug-likeness (QED) is 0.751. The zero-order valence-corrected chi connectivity index (χ0v) is 8.32. The van der Waals surface area contributed by atoms with Crippen molar-refractivity contribution in [2.75, 3.05) is 13.2 Å². The van der Waals surface area contributed by atoms with E-state index in [-0.39, 0.29) is 17.5 Å². The smallest absolute Gasteiger partial charge is 0.310 e. The molecule has 0 aliphatic heterocycles. The molecule has 0 aromatic carbocycles. The zero-order chi connectivity index (χ0) is 10.4. The van der Waals surface area contributed by atoms with Crippen molar-refractivity contribution in [1.29, 1.82) is 0 Å². The second kappa shape index (κ2) is 5.39. The molecule has 1 aromatic heterocycles. The number of nitrogens with one attached hydrogen (secondary N) is 1. The average molecular weight is 198 g/mol. The fourth-order valence-electron chi connectivity index (χ4n) is 0.931. The predicted molar refractivity (Wildman–Crippen MR) is 51.4 cm³/mol. The highest BCUT2D eigenvalue weighted by Gasteiger charge is 2.07. The van der Waals surface area contributed by atoms with Crippen molar-refractivity contribution in [3.05, 3.63) is 22.7 Å². The molecule has 0 amide bonds. The molecule has 5 heteroatoms. The summed E-state index contributed by atoms with van der Waals surface area (Å²) >= 11 is 0. The van der Waals surface area contributed by atoms with Crippen LogP contribution in [0.4, 0.5) is 0 Å². The van der Waals surface area contributed by atoms with E-state index >= 15 is 0 Å². The van der Waals surface area contributed by atoms with Gasteiger partial charge >= 0.3 is 5.56 Å². The van der Waals surface area contributed by atoms with Gasteiger partial charge in [0.05, 0.1) is 6.61 Å². The van der Waals surface area contributed by atoms with E-state index in [9.17, 15) is 4.79 Å². The molecule has 1 heterocycles. The lowest BCUT2D eigenvalue weighted by Crippen LogP contribution is -2.23. The Kier molecular flexibility index (Phi) is 4.12. The van der Waals surface area contributed by atoms with Crippen molar-refractivity contribution in [1.82, 2.24) is 9.97 Å². The maximum atomic E-state index is 11.1. The van der Waals surface area contributed by atoms with Crippen LogP contribution in [0.2, 0.25) is 0 Å². The summed E-state index contributed by atoms with van der Waals surface area (Å²) < 4.78 is 10.4. The van der Waals surface area contributed by atoms with Crippen molar-refractivity contribution in [2.24, 2.45) is 0 Å². The molecule has 1 aromatic rings.